The molecule has 0 heterocycles. The van der Waals surface area contributed by atoms with Crippen LogP contribution in [0.3, 0.4) is 0 Å². The predicted octanol–water partition coefficient (Wildman–Crippen LogP) is 3.97. The molecule has 0 aromatic heterocycles. The molecule has 2 nitrogen and oxygen atoms in total. The van der Waals surface area contributed by atoms with Crippen LogP contribution in [0, 0.1) is 5.92 Å². The van der Waals surface area contributed by atoms with Gasteiger partial charge in [-0.3, -0.25) is 9.59 Å². The lowest BCUT2D eigenvalue weighted by Gasteiger charge is -2.19. The van der Waals surface area contributed by atoms with Gasteiger partial charge in [0.05, 0.1) is 0 Å². The van der Waals surface area contributed by atoms with Gasteiger partial charge in [0.25, 0.3) is 0 Å². The summed E-state index contributed by atoms with van der Waals surface area (Å²) in [7, 11) is 0. The van der Waals surface area contributed by atoms with Gasteiger partial charge in [0.1, 0.15) is 5.78 Å². The van der Waals surface area contributed by atoms with Gasteiger partial charge in [0.2, 0.25) is 0 Å². The molecular formula is C17H22O2. The van der Waals surface area contributed by atoms with Gasteiger partial charge >= 0.3 is 0 Å². The molecule has 1 aliphatic rings. The lowest BCUT2D eigenvalue weighted by molar-refractivity contribution is -0.124. The number of rotatable bonds is 5. The summed E-state index contributed by atoms with van der Waals surface area (Å²) in [6.07, 6.45) is 6.07. The van der Waals surface area contributed by atoms with Crippen LogP contribution in [-0.4, -0.2) is 11.6 Å². The van der Waals surface area contributed by atoms with Crippen LogP contribution in [0.15, 0.2) is 24.3 Å². The Hall–Kier alpha value is -1.44. The Morgan fingerprint density at radius 3 is 2.58 bits per heavy atom. The Labute approximate surface area is 115 Å². The summed E-state index contributed by atoms with van der Waals surface area (Å²) >= 11 is 0. The van der Waals surface area contributed by atoms with E-state index in [9.17, 15) is 9.59 Å². The Balaban J connectivity index is 1.87. The van der Waals surface area contributed by atoms with Crippen LogP contribution in [0.25, 0.3) is 0 Å². The normalized spacial score (nSPS) is 19.4. The highest BCUT2D eigenvalue weighted by atomic mass is 16.1. The minimum Gasteiger partial charge on any atom is -0.299 e. The van der Waals surface area contributed by atoms with Gasteiger partial charge in [-0.1, -0.05) is 37.6 Å². The molecule has 1 fully saturated rings. The van der Waals surface area contributed by atoms with E-state index in [0.29, 0.717) is 18.6 Å². The largest absolute Gasteiger partial charge is 0.299 e. The van der Waals surface area contributed by atoms with Gasteiger partial charge < -0.3 is 0 Å². The van der Waals surface area contributed by atoms with E-state index in [1.807, 2.05) is 24.3 Å². The average molecular weight is 258 g/mol. The topological polar surface area (TPSA) is 34.1 Å². The molecule has 1 aromatic carbocycles. The maximum Gasteiger partial charge on any atom is 0.162 e. The number of Topliss-reactive ketones (excluding diaryl/α,β-unsaturated/α-hetero) is 2. The fourth-order valence-electron chi connectivity index (χ4n) is 2.74. The van der Waals surface area contributed by atoms with E-state index in [1.54, 1.807) is 0 Å². The maximum absolute atomic E-state index is 12.1. The highest BCUT2D eigenvalue weighted by Crippen LogP contribution is 2.25. The van der Waals surface area contributed by atoms with Crippen molar-refractivity contribution in [3.8, 4) is 0 Å². The quantitative estimate of drug-likeness (QED) is 0.749. The lowest BCUT2D eigenvalue weighted by Crippen LogP contribution is -2.19. The molecular weight excluding hydrogens is 236 g/mol. The van der Waals surface area contributed by atoms with Crippen molar-refractivity contribution in [2.75, 3.05) is 0 Å². The molecule has 0 radical (unpaired) electrons. The minimum atomic E-state index is 0.132. The Bertz CT molecular complexity index is 445. The van der Waals surface area contributed by atoms with Crippen molar-refractivity contribution in [3.63, 3.8) is 0 Å². The molecule has 1 saturated carbocycles. The standard InChI is InChI=1S/C17H22O2/c1-2-13-7-9-15(10-8-13)17(19)12-11-14-5-3-4-6-16(14)18/h7-10,14H,2-6,11-12H2,1H3/t14-/m1/s1. The van der Waals surface area contributed by atoms with Gasteiger partial charge in [0.15, 0.2) is 5.78 Å². The van der Waals surface area contributed by atoms with Gasteiger partial charge in [-0.05, 0) is 31.2 Å². The fraction of sp³-hybridized carbons (Fsp3) is 0.529. The third-order valence-electron chi connectivity index (χ3n) is 4.09. The smallest absolute Gasteiger partial charge is 0.162 e. The molecule has 0 amide bonds. The van der Waals surface area contributed by atoms with E-state index < -0.39 is 0 Å². The van der Waals surface area contributed by atoms with Gasteiger partial charge in [-0.25, -0.2) is 0 Å². The molecule has 0 unspecified atom stereocenters. The first-order chi connectivity index (χ1) is 9.20. The van der Waals surface area contributed by atoms with Crippen LogP contribution in [0.4, 0.5) is 0 Å². The molecule has 0 saturated heterocycles. The van der Waals surface area contributed by atoms with Crippen LogP contribution in [0.5, 0.6) is 0 Å². The predicted molar refractivity (Wildman–Crippen MR) is 76.3 cm³/mol. The molecule has 1 aliphatic carbocycles. The third kappa shape index (κ3) is 3.76. The summed E-state index contributed by atoms with van der Waals surface area (Å²) < 4.78 is 0. The second-order valence-corrected chi connectivity index (χ2v) is 5.42. The Morgan fingerprint density at radius 2 is 1.95 bits per heavy atom. The molecule has 0 spiro atoms. The minimum absolute atomic E-state index is 0.132. The number of hydrogen-bond donors (Lipinski definition) is 0. The lowest BCUT2D eigenvalue weighted by atomic mass is 9.84. The number of hydrogen-bond acceptors (Lipinski definition) is 2. The molecule has 19 heavy (non-hydrogen) atoms. The monoisotopic (exact) mass is 258 g/mol. The first-order valence-electron chi connectivity index (χ1n) is 7.35. The van der Waals surface area contributed by atoms with Crippen molar-refractivity contribution >= 4 is 11.6 Å². The van der Waals surface area contributed by atoms with Crippen molar-refractivity contribution < 1.29 is 9.59 Å². The van der Waals surface area contributed by atoms with E-state index in [0.717, 1.165) is 37.7 Å². The van der Waals surface area contributed by atoms with E-state index in [-0.39, 0.29) is 11.7 Å². The second-order valence-electron chi connectivity index (χ2n) is 5.42. The molecule has 1 aromatic rings. The van der Waals surface area contributed by atoms with Gasteiger partial charge in [0, 0.05) is 24.3 Å². The fourth-order valence-corrected chi connectivity index (χ4v) is 2.74. The van der Waals surface area contributed by atoms with E-state index in [4.69, 9.17) is 0 Å². The molecule has 0 aliphatic heterocycles. The van der Waals surface area contributed by atoms with Crippen molar-refractivity contribution in [2.24, 2.45) is 5.92 Å². The molecule has 1 atom stereocenters. The van der Waals surface area contributed by atoms with E-state index >= 15 is 0 Å². The number of aryl methyl sites for hydroxylation is 1. The van der Waals surface area contributed by atoms with Crippen molar-refractivity contribution in [1.82, 2.24) is 0 Å². The summed E-state index contributed by atoms with van der Waals surface area (Å²) in [6.45, 7) is 2.10. The van der Waals surface area contributed by atoms with Crippen LogP contribution >= 0.6 is 0 Å². The molecule has 102 valence electrons. The van der Waals surface area contributed by atoms with Gasteiger partial charge in [-0.2, -0.15) is 0 Å². The van der Waals surface area contributed by atoms with Crippen LogP contribution < -0.4 is 0 Å². The van der Waals surface area contributed by atoms with Crippen molar-refractivity contribution in [1.29, 1.82) is 0 Å². The summed E-state index contributed by atoms with van der Waals surface area (Å²) in [5.41, 5.74) is 2.03. The zero-order valence-corrected chi connectivity index (χ0v) is 11.7. The maximum atomic E-state index is 12.1. The third-order valence-corrected chi connectivity index (χ3v) is 4.09. The Kier molecular flexibility index (Phi) is 4.89. The number of benzene rings is 1. The average Bonchev–Trinajstić information content (AvgIpc) is 2.46. The summed E-state index contributed by atoms with van der Waals surface area (Å²) in [5, 5.41) is 0. The number of carbonyl (C=O) groups is 2. The SMILES string of the molecule is CCc1ccc(C(=O)CC[C@H]2CCCCC2=O)cc1. The zero-order chi connectivity index (χ0) is 13.7. The first kappa shape index (κ1) is 14.0. The zero-order valence-electron chi connectivity index (χ0n) is 11.7. The van der Waals surface area contributed by atoms with Crippen molar-refractivity contribution in [2.45, 2.75) is 51.9 Å². The second kappa shape index (κ2) is 6.65. The molecule has 2 heteroatoms. The van der Waals surface area contributed by atoms with E-state index in [2.05, 4.69) is 6.92 Å². The first-order valence-corrected chi connectivity index (χ1v) is 7.35. The van der Waals surface area contributed by atoms with Gasteiger partial charge in [-0.15, -0.1) is 0 Å². The molecule has 2 rings (SSSR count). The van der Waals surface area contributed by atoms with Crippen LogP contribution in [0.1, 0.15) is 61.4 Å². The highest BCUT2D eigenvalue weighted by Gasteiger charge is 2.22. The van der Waals surface area contributed by atoms with E-state index in [1.165, 1.54) is 5.56 Å². The summed E-state index contributed by atoms with van der Waals surface area (Å²) in [5.74, 6) is 0.661. The summed E-state index contributed by atoms with van der Waals surface area (Å²) in [4.78, 5) is 23.8. The number of carbonyl (C=O) groups excluding carboxylic acids is 2. The molecule has 0 bridgehead atoms. The van der Waals surface area contributed by atoms with Crippen LogP contribution in [-0.2, 0) is 11.2 Å². The highest BCUT2D eigenvalue weighted by molar-refractivity contribution is 5.96. The van der Waals surface area contributed by atoms with Crippen molar-refractivity contribution in [3.05, 3.63) is 35.4 Å². The summed E-state index contributed by atoms with van der Waals surface area (Å²) in [6, 6.07) is 7.84. The number of ketones is 2. The molecule has 0 N–H and O–H groups in total. The Morgan fingerprint density at radius 1 is 1.21 bits per heavy atom. The van der Waals surface area contributed by atoms with Crippen LogP contribution in [0.2, 0.25) is 0 Å².